The summed E-state index contributed by atoms with van der Waals surface area (Å²) >= 11 is 1.54. The molecule has 250 valence electrons. The Morgan fingerprint density at radius 3 is 1.85 bits per heavy atom. The van der Waals surface area contributed by atoms with E-state index in [0.29, 0.717) is 74.7 Å². The first kappa shape index (κ1) is 34.9. The number of piperazine rings is 1. The Kier molecular flexibility index (Phi) is 11.1. The largest absolute Gasteiger partial charge is 0.489 e. The van der Waals surface area contributed by atoms with Gasteiger partial charge in [0.25, 0.3) is 11.8 Å². The van der Waals surface area contributed by atoms with E-state index in [1.165, 1.54) is 0 Å². The standard InChI is InChI=1S/C34H46N4O7S/c1-33(2,3)44-31(41)37-16-14-23(15-17-37)43-28-22-24(46-7)12-13-26(28)29(39)35-27-11-9-8-10-25(27)30(40)36-18-20-38(21-19-36)32(42)45-34(4,5)6/h8-13,22-23H,14-21H2,1-7H3,(H,35,39). The van der Waals surface area contributed by atoms with Gasteiger partial charge in [-0.2, -0.15) is 0 Å². The molecule has 2 aromatic carbocycles. The summed E-state index contributed by atoms with van der Waals surface area (Å²) in [4.78, 5) is 58.1. The molecule has 1 N–H and O–H groups in total. The van der Waals surface area contributed by atoms with Crippen molar-refractivity contribution in [1.29, 1.82) is 0 Å². The number of para-hydroxylation sites is 1. The second-order valence-electron chi connectivity index (χ2n) is 13.4. The van der Waals surface area contributed by atoms with Gasteiger partial charge < -0.3 is 34.2 Å². The van der Waals surface area contributed by atoms with Gasteiger partial charge in [0.05, 0.1) is 16.8 Å². The van der Waals surface area contributed by atoms with Gasteiger partial charge in [-0.1, -0.05) is 12.1 Å². The quantitative estimate of drug-likeness (QED) is 0.370. The van der Waals surface area contributed by atoms with Gasteiger partial charge in [0.1, 0.15) is 23.1 Å². The average molecular weight is 655 g/mol. The van der Waals surface area contributed by atoms with Crippen molar-refractivity contribution in [3.63, 3.8) is 0 Å². The normalized spacial score (nSPS) is 16.1. The Morgan fingerprint density at radius 1 is 0.739 bits per heavy atom. The van der Waals surface area contributed by atoms with Crippen molar-refractivity contribution >= 4 is 41.5 Å². The number of piperidine rings is 1. The second kappa shape index (κ2) is 14.7. The molecule has 0 spiro atoms. The van der Waals surface area contributed by atoms with Gasteiger partial charge in [-0.15, -0.1) is 11.8 Å². The van der Waals surface area contributed by atoms with Crippen LogP contribution in [-0.4, -0.2) is 102 Å². The highest BCUT2D eigenvalue weighted by molar-refractivity contribution is 7.98. The van der Waals surface area contributed by atoms with Crippen molar-refractivity contribution in [3.8, 4) is 5.75 Å². The van der Waals surface area contributed by atoms with Gasteiger partial charge in [-0.25, -0.2) is 9.59 Å². The minimum absolute atomic E-state index is 0.185. The van der Waals surface area contributed by atoms with Crippen LogP contribution in [0.4, 0.5) is 15.3 Å². The van der Waals surface area contributed by atoms with Crippen molar-refractivity contribution < 1.29 is 33.4 Å². The maximum absolute atomic E-state index is 13.7. The number of carbonyl (C=O) groups excluding carboxylic acids is 4. The first-order valence-electron chi connectivity index (χ1n) is 15.6. The molecule has 2 aliphatic rings. The fourth-order valence-corrected chi connectivity index (χ4v) is 5.56. The minimum Gasteiger partial charge on any atom is -0.489 e. The van der Waals surface area contributed by atoms with E-state index in [0.717, 1.165) is 4.90 Å². The van der Waals surface area contributed by atoms with E-state index in [1.807, 2.05) is 59.9 Å². The maximum atomic E-state index is 13.7. The smallest absolute Gasteiger partial charge is 0.410 e. The third-order valence-corrected chi connectivity index (χ3v) is 8.17. The molecule has 4 amide bonds. The van der Waals surface area contributed by atoms with Crippen molar-refractivity contribution in [2.24, 2.45) is 0 Å². The fraction of sp³-hybridized carbons (Fsp3) is 0.529. The molecule has 0 unspecified atom stereocenters. The number of carbonyl (C=O) groups is 4. The van der Waals surface area contributed by atoms with E-state index < -0.39 is 23.2 Å². The van der Waals surface area contributed by atoms with Crippen LogP contribution in [0.1, 0.15) is 75.1 Å². The monoisotopic (exact) mass is 654 g/mol. The molecule has 0 atom stereocenters. The molecular weight excluding hydrogens is 608 g/mol. The van der Waals surface area contributed by atoms with E-state index >= 15 is 0 Å². The molecule has 2 aliphatic heterocycles. The highest BCUT2D eigenvalue weighted by atomic mass is 32.2. The molecule has 0 saturated carbocycles. The minimum atomic E-state index is -0.596. The SMILES string of the molecule is CSc1ccc(C(=O)Nc2ccccc2C(=O)N2CCN(C(=O)OC(C)(C)C)CC2)c(OC2CCN(C(=O)OC(C)(C)C)CC2)c1. The molecule has 0 radical (unpaired) electrons. The van der Waals surface area contributed by atoms with E-state index in [4.69, 9.17) is 14.2 Å². The zero-order valence-corrected chi connectivity index (χ0v) is 28.7. The second-order valence-corrected chi connectivity index (χ2v) is 14.3. The molecule has 2 saturated heterocycles. The number of anilines is 1. The molecule has 11 nitrogen and oxygen atoms in total. The van der Waals surface area contributed by atoms with E-state index in [-0.39, 0.29) is 18.1 Å². The van der Waals surface area contributed by atoms with Gasteiger partial charge in [0.15, 0.2) is 0 Å². The lowest BCUT2D eigenvalue weighted by Gasteiger charge is -2.35. The Morgan fingerprint density at radius 2 is 1.28 bits per heavy atom. The van der Waals surface area contributed by atoms with Gasteiger partial charge in [-0.3, -0.25) is 9.59 Å². The number of ether oxygens (including phenoxy) is 3. The number of likely N-dealkylation sites (tertiary alicyclic amines) is 1. The molecule has 0 aliphatic carbocycles. The highest BCUT2D eigenvalue weighted by Crippen LogP contribution is 2.30. The predicted molar refractivity (Wildman–Crippen MR) is 178 cm³/mol. The Hall–Kier alpha value is -3.93. The predicted octanol–water partition coefficient (Wildman–Crippen LogP) is 6.13. The van der Waals surface area contributed by atoms with Crippen LogP contribution in [0.25, 0.3) is 0 Å². The number of nitrogens with one attached hydrogen (secondary N) is 1. The Balaban J connectivity index is 1.42. The number of benzene rings is 2. The van der Waals surface area contributed by atoms with Gasteiger partial charge >= 0.3 is 12.2 Å². The highest BCUT2D eigenvalue weighted by Gasteiger charge is 2.31. The van der Waals surface area contributed by atoms with Crippen LogP contribution in [0.15, 0.2) is 47.4 Å². The summed E-state index contributed by atoms with van der Waals surface area (Å²) in [6.45, 7) is 13.4. The van der Waals surface area contributed by atoms with Crippen LogP contribution in [0.5, 0.6) is 5.75 Å². The van der Waals surface area contributed by atoms with Crippen molar-refractivity contribution in [2.45, 2.75) is 76.6 Å². The summed E-state index contributed by atoms with van der Waals surface area (Å²) < 4.78 is 17.4. The lowest BCUT2D eigenvalue weighted by Crippen LogP contribution is -2.51. The first-order valence-corrected chi connectivity index (χ1v) is 16.9. The lowest BCUT2D eigenvalue weighted by molar-refractivity contribution is 0.0123. The summed E-state index contributed by atoms with van der Waals surface area (Å²) in [6, 6.07) is 12.3. The third-order valence-electron chi connectivity index (χ3n) is 7.44. The molecule has 0 aromatic heterocycles. The topological polar surface area (TPSA) is 118 Å². The van der Waals surface area contributed by atoms with Crippen LogP contribution in [0.3, 0.4) is 0 Å². The molecule has 2 heterocycles. The molecule has 0 bridgehead atoms. The van der Waals surface area contributed by atoms with E-state index in [1.54, 1.807) is 56.8 Å². The van der Waals surface area contributed by atoms with Crippen LogP contribution >= 0.6 is 11.8 Å². The average Bonchev–Trinajstić information content (AvgIpc) is 2.99. The summed E-state index contributed by atoms with van der Waals surface area (Å²) in [5, 5.41) is 2.93. The number of nitrogens with zero attached hydrogens (tertiary/aromatic N) is 3. The van der Waals surface area contributed by atoms with Gasteiger partial charge in [0.2, 0.25) is 0 Å². The van der Waals surface area contributed by atoms with Crippen LogP contribution in [-0.2, 0) is 9.47 Å². The van der Waals surface area contributed by atoms with E-state index in [2.05, 4.69) is 5.32 Å². The number of hydrogen-bond donors (Lipinski definition) is 1. The number of thioether (sulfide) groups is 1. The molecule has 46 heavy (non-hydrogen) atoms. The first-order chi connectivity index (χ1) is 21.6. The molecule has 4 rings (SSSR count). The van der Waals surface area contributed by atoms with Gasteiger partial charge in [0, 0.05) is 57.0 Å². The summed E-state index contributed by atoms with van der Waals surface area (Å²) in [5.74, 6) is -0.184. The lowest BCUT2D eigenvalue weighted by atomic mass is 10.1. The van der Waals surface area contributed by atoms with Crippen molar-refractivity contribution in [1.82, 2.24) is 14.7 Å². The molecule has 2 fully saturated rings. The van der Waals surface area contributed by atoms with Crippen molar-refractivity contribution in [2.75, 3.05) is 50.8 Å². The molecular formula is C34H46N4O7S. The van der Waals surface area contributed by atoms with Gasteiger partial charge in [-0.05, 0) is 78.1 Å². The van der Waals surface area contributed by atoms with Crippen LogP contribution < -0.4 is 10.1 Å². The number of amides is 4. The maximum Gasteiger partial charge on any atom is 0.410 e. The number of hydrogen-bond acceptors (Lipinski definition) is 8. The fourth-order valence-electron chi connectivity index (χ4n) is 5.13. The van der Waals surface area contributed by atoms with Crippen molar-refractivity contribution in [3.05, 3.63) is 53.6 Å². The Labute approximate surface area is 275 Å². The van der Waals surface area contributed by atoms with Crippen LogP contribution in [0, 0.1) is 0 Å². The summed E-state index contributed by atoms with van der Waals surface area (Å²) in [5.41, 5.74) is -0.0657. The third kappa shape index (κ3) is 9.54. The summed E-state index contributed by atoms with van der Waals surface area (Å²) in [6.07, 6.45) is 2.23. The zero-order valence-electron chi connectivity index (χ0n) is 27.9. The molecule has 12 heteroatoms. The van der Waals surface area contributed by atoms with Crippen LogP contribution in [0.2, 0.25) is 0 Å². The summed E-state index contributed by atoms with van der Waals surface area (Å²) in [7, 11) is 0. The molecule has 2 aromatic rings. The number of rotatable bonds is 6. The zero-order chi connectivity index (χ0) is 33.6. The Bertz CT molecular complexity index is 1420. The van der Waals surface area contributed by atoms with E-state index in [9.17, 15) is 19.2 Å².